The standard InChI is InChI=1S/C22H29N7O6S4Si/c1-33-27-15(13-10-38-22(23)25-13)18(30)26-16-19(31)29-17(21(32)35-11-34-5-6-40(2,3)4)12(9-37-20(16)29)8-36-14-7-24-28-39-14/h7,10,16,20H,5-6,8-9,11H2,1-4H3,(H2,23,25)(H,26,30)/b27-15-/t16?,20-/m0/s1. The highest BCUT2D eigenvalue weighted by atomic mass is 32.2. The Labute approximate surface area is 248 Å². The zero-order chi connectivity index (χ0) is 28.9. The van der Waals surface area contributed by atoms with Gasteiger partial charge in [-0.25, -0.2) is 9.78 Å². The molecule has 0 aliphatic carbocycles. The molecule has 2 atom stereocenters. The minimum absolute atomic E-state index is 0.108. The van der Waals surface area contributed by atoms with E-state index in [2.05, 4.69) is 44.7 Å². The normalized spacial score (nSPS) is 19.2. The Morgan fingerprint density at radius 3 is 2.80 bits per heavy atom. The lowest BCUT2D eigenvalue weighted by Crippen LogP contribution is -2.71. The van der Waals surface area contributed by atoms with Crippen LogP contribution in [-0.4, -0.2) is 94.5 Å². The Hall–Kier alpha value is -2.51. The van der Waals surface area contributed by atoms with Crippen LogP contribution in [0.2, 0.25) is 25.7 Å². The molecule has 13 nitrogen and oxygen atoms in total. The van der Waals surface area contributed by atoms with Crippen LogP contribution in [0.5, 0.6) is 0 Å². The number of carbonyl (C=O) groups excluding carboxylic acids is 3. The van der Waals surface area contributed by atoms with Gasteiger partial charge in [0.2, 0.25) is 0 Å². The number of rotatable bonds is 13. The number of nitrogens with zero attached hydrogens (tertiary/aromatic N) is 5. The Morgan fingerprint density at radius 1 is 1.35 bits per heavy atom. The number of β-lactam (4-membered cyclic amide) rings is 1. The maximum atomic E-state index is 13.3. The van der Waals surface area contributed by atoms with Gasteiger partial charge in [0.15, 0.2) is 17.6 Å². The fraction of sp³-hybridized carbons (Fsp3) is 0.500. The maximum Gasteiger partial charge on any atom is 0.357 e. The molecule has 3 N–H and O–H groups in total. The van der Waals surface area contributed by atoms with Crippen molar-refractivity contribution < 1.29 is 28.7 Å². The predicted molar refractivity (Wildman–Crippen MR) is 158 cm³/mol. The third-order valence-corrected chi connectivity index (χ3v) is 11.3. The number of nitrogens with two attached hydrogens (primary N) is 1. The molecule has 1 unspecified atom stereocenters. The number of fused-ring (bicyclic) bond motifs is 1. The van der Waals surface area contributed by atoms with Crippen LogP contribution in [0.25, 0.3) is 0 Å². The van der Waals surface area contributed by atoms with E-state index in [0.717, 1.165) is 27.2 Å². The molecule has 2 aliphatic heterocycles. The number of nitrogen functional groups attached to an aromatic ring is 1. The molecule has 40 heavy (non-hydrogen) atoms. The predicted octanol–water partition coefficient (Wildman–Crippen LogP) is 2.23. The summed E-state index contributed by atoms with van der Waals surface area (Å²) in [5, 5.41) is 11.6. The Balaban J connectivity index is 1.47. The number of hydrogen-bond donors (Lipinski definition) is 2. The average Bonchev–Trinajstić information content (AvgIpc) is 3.59. The fourth-order valence-corrected chi connectivity index (χ4v) is 7.88. The van der Waals surface area contributed by atoms with E-state index in [9.17, 15) is 14.4 Å². The topological polar surface area (TPSA) is 171 Å². The number of nitrogens with one attached hydrogen (secondary N) is 1. The lowest BCUT2D eigenvalue weighted by atomic mass is 10.0. The summed E-state index contributed by atoms with van der Waals surface area (Å²) in [5.74, 6) is -0.819. The van der Waals surface area contributed by atoms with Crippen molar-refractivity contribution in [3.05, 3.63) is 28.5 Å². The second kappa shape index (κ2) is 13.4. The van der Waals surface area contributed by atoms with Crippen molar-refractivity contribution in [1.29, 1.82) is 0 Å². The third kappa shape index (κ3) is 7.41. The molecule has 1 fully saturated rings. The molecule has 1 saturated heterocycles. The van der Waals surface area contributed by atoms with Crippen molar-refractivity contribution in [1.82, 2.24) is 24.8 Å². The Morgan fingerprint density at radius 2 is 2.15 bits per heavy atom. The Kier molecular flexibility index (Phi) is 10.2. The zero-order valence-electron chi connectivity index (χ0n) is 22.2. The van der Waals surface area contributed by atoms with Crippen molar-refractivity contribution in [3.63, 3.8) is 0 Å². The van der Waals surface area contributed by atoms with E-state index in [4.69, 9.17) is 20.0 Å². The van der Waals surface area contributed by atoms with Crippen LogP contribution in [0.15, 0.2) is 32.2 Å². The smallest absolute Gasteiger partial charge is 0.357 e. The van der Waals surface area contributed by atoms with Crippen molar-refractivity contribution in [2.45, 2.75) is 41.3 Å². The summed E-state index contributed by atoms with van der Waals surface area (Å²) in [5.41, 5.74) is 6.74. The second-order valence-electron chi connectivity index (χ2n) is 9.80. The number of anilines is 1. The molecule has 0 spiro atoms. The minimum atomic E-state index is -1.29. The SMILES string of the molecule is CO/N=C(\C(=O)NC1C(=O)N2C(C(=O)OCOCC[Si](C)(C)C)=C(CSc3cnns3)CS[C@@H]12)c1csc(N)n1. The summed E-state index contributed by atoms with van der Waals surface area (Å²) in [4.78, 5) is 49.9. The summed E-state index contributed by atoms with van der Waals surface area (Å²) in [6.07, 6.45) is 1.65. The van der Waals surface area contributed by atoms with Crippen molar-refractivity contribution >= 4 is 83.1 Å². The lowest BCUT2D eigenvalue weighted by molar-refractivity contribution is -0.159. The van der Waals surface area contributed by atoms with Crippen LogP contribution in [-0.2, 0) is 28.7 Å². The first-order chi connectivity index (χ1) is 19.1. The van der Waals surface area contributed by atoms with Gasteiger partial charge in [0.25, 0.3) is 11.8 Å². The molecule has 0 saturated carbocycles. The molecule has 0 aromatic carbocycles. The van der Waals surface area contributed by atoms with E-state index in [0.29, 0.717) is 18.1 Å². The van der Waals surface area contributed by atoms with Crippen LogP contribution in [0.1, 0.15) is 5.69 Å². The molecule has 2 amide bonds. The summed E-state index contributed by atoms with van der Waals surface area (Å²) in [6.45, 7) is 6.98. The number of thioether (sulfide) groups is 2. The lowest BCUT2D eigenvalue weighted by Gasteiger charge is -2.49. The molecule has 0 bridgehead atoms. The molecule has 18 heteroatoms. The molecule has 2 aromatic heterocycles. The van der Waals surface area contributed by atoms with E-state index in [1.54, 1.807) is 11.6 Å². The first-order valence-corrected chi connectivity index (χ1v) is 19.4. The fourth-order valence-electron chi connectivity index (χ4n) is 3.67. The first-order valence-electron chi connectivity index (χ1n) is 12.0. The number of carbonyl (C=O) groups is 3. The van der Waals surface area contributed by atoms with Gasteiger partial charge in [0.1, 0.15) is 34.1 Å². The largest absolute Gasteiger partial charge is 0.434 e. The average molecular weight is 644 g/mol. The highest BCUT2D eigenvalue weighted by Crippen LogP contribution is 2.42. The van der Waals surface area contributed by atoms with Crippen molar-refractivity contribution in [3.8, 4) is 0 Å². The van der Waals surface area contributed by atoms with Gasteiger partial charge in [0, 0.05) is 31.6 Å². The summed E-state index contributed by atoms with van der Waals surface area (Å²) in [6, 6.07) is 0.0520. The van der Waals surface area contributed by atoms with Gasteiger partial charge in [-0.2, -0.15) is 0 Å². The van der Waals surface area contributed by atoms with Gasteiger partial charge in [0.05, 0.1) is 6.20 Å². The number of oxime groups is 1. The maximum absolute atomic E-state index is 13.3. The molecule has 0 radical (unpaired) electrons. The van der Waals surface area contributed by atoms with Crippen molar-refractivity contribution in [2.75, 3.05) is 37.7 Å². The van der Waals surface area contributed by atoms with Crippen molar-refractivity contribution in [2.24, 2.45) is 5.16 Å². The second-order valence-corrected chi connectivity index (χ2v) is 19.5. The van der Waals surface area contributed by atoms with Gasteiger partial charge in [-0.3, -0.25) is 14.5 Å². The highest BCUT2D eigenvalue weighted by molar-refractivity contribution is 8.01. The molecular weight excluding hydrogens is 615 g/mol. The van der Waals surface area contributed by atoms with Crippen LogP contribution < -0.4 is 11.1 Å². The van der Waals surface area contributed by atoms with Crippen LogP contribution >= 0.6 is 46.4 Å². The summed E-state index contributed by atoms with van der Waals surface area (Å²) in [7, 11) is 0.00808. The monoisotopic (exact) mass is 643 g/mol. The van der Waals surface area contributed by atoms with Crippen LogP contribution in [0.3, 0.4) is 0 Å². The third-order valence-electron chi connectivity index (χ3n) is 5.69. The number of hydrogen-bond acceptors (Lipinski definition) is 15. The van der Waals surface area contributed by atoms with E-state index >= 15 is 0 Å². The molecule has 216 valence electrons. The van der Waals surface area contributed by atoms with E-state index in [-0.39, 0.29) is 29.0 Å². The molecule has 4 rings (SSSR count). The molecule has 4 heterocycles. The van der Waals surface area contributed by atoms with Crippen LogP contribution in [0.4, 0.5) is 5.13 Å². The zero-order valence-corrected chi connectivity index (χ0v) is 26.5. The number of thiazole rings is 1. The number of amides is 2. The van der Waals surface area contributed by atoms with Gasteiger partial charge < -0.3 is 25.4 Å². The molecule has 2 aromatic rings. The number of esters is 1. The van der Waals surface area contributed by atoms with Crippen LogP contribution in [0, 0.1) is 0 Å². The minimum Gasteiger partial charge on any atom is -0.434 e. The highest BCUT2D eigenvalue weighted by Gasteiger charge is 2.54. The quantitative estimate of drug-likeness (QED) is 0.0477. The van der Waals surface area contributed by atoms with Gasteiger partial charge in [-0.05, 0) is 23.1 Å². The number of ether oxygens (including phenoxy) is 2. The molecule has 2 aliphatic rings. The van der Waals surface area contributed by atoms with Gasteiger partial charge >= 0.3 is 5.97 Å². The van der Waals surface area contributed by atoms with E-state index in [1.165, 1.54) is 47.1 Å². The summed E-state index contributed by atoms with van der Waals surface area (Å²) >= 11 is 5.31. The number of aromatic nitrogens is 3. The van der Waals surface area contributed by atoms with E-state index < -0.39 is 37.3 Å². The first kappa shape index (κ1) is 30.4. The Bertz CT molecular complexity index is 1300. The molecular formula is C22H29N7O6S4Si. The van der Waals surface area contributed by atoms with Gasteiger partial charge in [-0.1, -0.05) is 29.3 Å². The summed E-state index contributed by atoms with van der Waals surface area (Å²) < 4.78 is 15.7. The van der Waals surface area contributed by atoms with E-state index in [1.807, 2.05) is 0 Å². The van der Waals surface area contributed by atoms with Gasteiger partial charge in [-0.15, -0.1) is 40.0 Å².